The molecule has 0 heterocycles. The Labute approximate surface area is 103 Å². The Morgan fingerprint density at radius 1 is 1.24 bits per heavy atom. The van der Waals surface area contributed by atoms with Gasteiger partial charge in [-0.25, -0.2) is 4.79 Å². The maximum atomic E-state index is 11.7. The van der Waals surface area contributed by atoms with E-state index in [4.69, 9.17) is 4.74 Å². The molecule has 0 amide bonds. The van der Waals surface area contributed by atoms with Gasteiger partial charge in [-0.2, -0.15) is 0 Å². The Morgan fingerprint density at radius 3 is 2.53 bits per heavy atom. The van der Waals surface area contributed by atoms with Crippen molar-refractivity contribution in [1.82, 2.24) is 4.90 Å². The van der Waals surface area contributed by atoms with Crippen molar-refractivity contribution in [2.75, 3.05) is 46.2 Å². The van der Waals surface area contributed by atoms with Gasteiger partial charge in [-0.15, -0.1) is 0 Å². The van der Waals surface area contributed by atoms with E-state index in [0.29, 0.717) is 12.2 Å². The predicted octanol–water partition coefficient (Wildman–Crippen LogP) is 1.47. The van der Waals surface area contributed by atoms with Crippen LogP contribution >= 0.6 is 0 Å². The van der Waals surface area contributed by atoms with Gasteiger partial charge in [0.15, 0.2) is 0 Å². The molecule has 1 aromatic carbocycles. The number of likely N-dealkylation sites (N-methyl/N-ethyl adjacent to an activating group) is 1. The third kappa shape index (κ3) is 4.44. The zero-order valence-electron chi connectivity index (χ0n) is 10.9. The fourth-order valence-corrected chi connectivity index (χ4v) is 1.32. The molecule has 17 heavy (non-hydrogen) atoms. The average Bonchev–Trinajstić information content (AvgIpc) is 2.28. The molecule has 0 bridgehead atoms. The van der Waals surface area contributed by atoms with Crippen LogP contribution < -0.4 is 4.90 Å². The number of hydrogen-bond acceptors (Lipinski definition) is 4. The lowest BCUT2D eigenvalue weighted by atomic mass is 10.2. The highest BCUT2D eigenvalue weighted by Crippen LogP contribution is 2.14. The number of hydrogen-bond donors (Lipinski definition) is 0. The third-order valence-corrected chi connectivity index (χ3v) is 2.37. The first-order chi connectivity index (χ1) is 8.00. The van der Waals surface area contributed by atoms with Crippen LogP contribution in [0.3, 0.4) is 0 Å². The van der Waals surface area contributed by atoms with Gasteiger partial charge in [0, 0.05) is 26.3 Å². The summed E-state index contributed by atoms with van der Waals surface area (Å²) in [5.41, 5.74) is 1.59. The third-order valence-electron chi connectivity index (χ3n) is 2.37. The van der Waals surface area contributed by atoms with E-state index in [9.17, 15) is 4.79 Å². The number of carbonyl (C=O) groups excluding carboxylic acids is 1. The molecule has 0 radical (unpaired) electrons. The SMILES string of the molecule is CN(C)CCOC(=O)c1cccc(N(C)C)c1. The molecular formula is C13H20N2O2. The monoisotopic (exact) mass is 236 g/mol. The average molecular weight is 236 g/mol. The molecular weight excluding hydrogens is 216 g/mol. The summed E-state index contributed by atoms with van der Waals surface area (Å²) in [7, 11) is 7.77. The Bertz CT molecular complexity index is 375. The lowest BCUT2D eigenvalue weighted by Crippen LogP contribution is -2.20. The molecule has 0 aliphatic heterocycles. The molecule has 0 saturated heterocycles. The van der Waals surface area contributed by atoms with Crippen LogP contribution in [0.25, 0.3) is 0 Å². The van der Waals surface area contributed by atoms with E-state index in [0.717, 1.165) is 12.2 Å². The van der Waals surface area contributed by atoms with Crippen LogP contribution in [-0.4, -0.2) is 52.2 Å². The predicted molar refractivity (Wildman–Crippen MR) is 69.6 cm³/mol. The number of benzene rings is 1. The molecule has 0 aliphatic carbocycles. The quantitative estimate of drug-likeness (QED) is 0.725. The summed E-state index contributed by atoms with van der Waals surface area (Å²) in [5.74, 6) is -0.268. The smallest absolute Gasteiger partial charge is 0.338 e. The number of anilines is 1. The van der Waals surface area contributed by atoms with Crippen molar-refractivity contribution >= 4 is 11.7 Å². The second-order valence-corrected chi connectivity index (χ2v) is 4.38. The van der Waals surface area contributed by atoms with Crippen molar-refractivity contribution in [2.24, 2.45) is 0 Å². The van der Waals surface area contributed by atoms with Crippen molar-refractivity contribution in [3.05, 3.63) is 29.8 Å². The molecule has 0 saturated carbocycles. The van der Waals surface area contributed by atoms with Gasteiger partial charge in [-0.05, 0) is 32.3 Å². The largest absolute Gasteiger partial charge is 0.461 e. The second kappa shape index (κ2) is 6.25. The number of esters is 1. The van der Waals surface area contributed by atoms with E-state index in [1.807, 2.05) is 56.2 Å². The van der Waals surface area contributed by atoms with E-state index < -0.39 is 0 Å². The summed E-state index contributed by atoms with van der Waals surface area (Å²) in [6, 6.07) is 7.41. The molecule has 0 N–H and O–H groups in total. The Morgan fingerprint density at radius 2 is 1.94 bits per heavy atom. The summed E-state index contributed by atoms with van der Waals surface area (Å²) >= 11 is 0. The first kappa shape index (κ1) is 13.5. The lowest BCUT2D eigenvalue weighted by Gasteiger charge is -2.14. The highest BCUT2D eigenvalue weighted by Gasteiger charge is 2.08. The maximum Gasteiger partial charge on any atom is 0.338 e. The molecule has 0 spiro atoms. The van der Waals surface area contributed by atoms with Crippen molar-refractivity contribution in [3.63, 3.8) is 0 Å². The van der Waals surface area contributed by atoms with E-state index in [1.165, 1.54) is 0 Å². The van der Waals surface area contributed by atoms with Crippen molar-refractivity contribution < 1.29 is 9.53 Å². The number of rotatable bonds is 5. The number of carbonyl (C=O) groups is 1. The van der Waals surface area contributed by atoms with Crippen LogP contribution in [0.5, 0.6) is 0 Å². The highest BCUT2D eigenvalue weighted by molar-refractivity contribution is 5.90. The topological polar surface area (TPSA) is 32.8 Å². The number of nitrogens with zero attached hydrogens (tertiary/aromatic N) is 2. The highest BCUT2D eigenvalue weighted by atomic mass is 16.5. The summed E-state index contributed by atoms with van der Waals surface area (Å²) in [5, 5.41) is 0. The Kier molecular flexibility index (Phi) is 4.97. The van der Waals surface area contributed by atoms with Crippen molar-refractivity contribution in [1.29, 1.82) is 0 Å². The summed E-state index contributed by atoms with van der Waals surface area (Å²) in [6.07, 6.45) is 0. The molecule has 0 fully saturated rings. The van der Waals surface area contributed by atoms with Crippen molar-refractivity contribution in [3.8, 4) is 0 Å². The van der Waals surface area contributed by atoms with Gasteiger partial charge in [-0.3, -0.25) is 0 Å². The molecule has 4 heteroatoms. The zero-order chi connectivity index (χ0) is 12.8. The molecule has 4 nitrogen and oxygen atoms in total. The minimum Gasteiger partial charge on any atom is -0.461 e. The normalized spacial score (nSPS) is 10.4. The van der Waals surface area contributed by atoms with Gasteiger partial charge in [0.25, 0.3) is 0 Å². The second-order valence-electron chi connectivity index (χ2n) is 4.38. The lowest BCUT2D eigenvalue weighted by molar-refractivity contribution is 0.0482. The Hall–Kier alpha value is -1.55. The van der Waals surface area contributed by atoms with Crippen LogP contribution in [0.2, 0.25) is 0 Å². The molecule has 0 aromatic heterocycles. The van der Waals surface area contributed by atoms with Gasteiger partial charge in [0.2, 0.25) is 0 Å². The fourth-order valence-electron chi connectivity index (χ4n) is 1.32. The van der Waals surface area contributed by atoms with Crippen LogP contribution in [0.15, 0.2) is 24.3 Å². The van der Waals surface area contributed by atoms with Crippen molar-refractivity contribution in [2.45, 2.75) is 0 Å². The van der Waals surface area contributed by atoms with E-state index in [2.05, 4.69) is 0 Å². The van der Waals surface area contributed by atoms with Crippen LogP contribution in [-0.2, 0) is 4.74 Å². The number of ether oxygens (including phenoxy) is 1. The van der Waals surface area contributed by atoms with E-state index in [1.54, 1.807) is 6.07 Å². The Balaban J connectivity index is 2.59. The summed E-state index contributed by atoms with van der Waals surface area (Å²) in [6.45, 7) is 1.15. The van der Waals surface area contributed by atoms with Crippen LogP contribution in [0.1, 0.15) is 10.4 Å². The summed E-state index contributed by atoms with van der Waals surface area (Å²) in [4.78, 5) is 15.7. The fraction of sp³-hybridized carbons (Fsp3) is 0.462. The first-order valence-electron chi connectivity index (χ1n) is 5.60. The summed E-state index contributed by atoms with van der Waals surface area (Å²) < 4.78 is 5.17. The van der Waals surface area contributed by atoms with E-state index in [-0.39, 0.29) is 5.97 Å². The van der Waals surface area contributed by atoms with Gasteiger partial charge in [0.1, 0.15) is 6.61 Å². The van der Waals surface area contributed by atoms with Crippen LogP contribution in [0, 0.1) is 0 Å². The zero-order valence-corrected chi connectivity index (χ0v) is 10.9. The standard InChI is InChI=1S/C13H20N2O2/c1-14(2)8-9-17-13(16)11-6-5-7-12(10-11)15(3)4/h5-7,10H,8-9H2,1-4H3. The van der Waals surface area contributed by atoms with E-state index >= 15 is 0 Å². The minimum absolute atomic E-state index is 0.268. The molecule has 1 rings (SSSR count). The molecule has 0 aliphatic rings. The minimum atomic E-state index is -0.268. The molecule has 94 valence electrons. The molecule has 0 atom stereocenters. The molecule has 1 aromatic rings. The van der Waals surface area contributed by atoms with Gasteiger partial charge in [0.05, 0.1) is 5.56 Å². The molecule has 0 unspecified atom stereocenters. The van der Waals surface area contributed by atoms with Gasteiger partial charge < -0.3 is 14.5 Å². The van der Waals surface area contributed by atoms with Crippen LogP contribution in [0.4, 0.5) is 5.69 Å². The maximum absolute atomic E-state index is 11.7. The van der Waals surface area contributed by atoms with Gasteiger partial charge >= 0.3 is 5.97 Å². The first-order valence-corrected chi connectivity index (χ1v) is 5.60. The van der Waals surface area contributed by atoms with Gasteiger partial charge in [-0.1, -0.05) is 6.07 Å².